The zero-order valence-electron chi connectivity index (χ0n) is 18.5. The molecular formula is C26H28N2OS2. The number of unbranched alkanes of at least 4 members (excludes halogenated alkanes) is 1. The molecule has 31 heavy (non-hydrogen) atoms. The Labute approximate surface area is 194 Å². The second-order valence-electron chi connectivity index (χ2n) is 8.54. The fourth-order valence-corrected chi connectivity index (χ4v) is 5.57. The fourth-order valence-electron chi connectivity index (χ4n) is 4.32. The van der Waals surface area contributed by atoms with Crippen LogP contribution in [0.5, 0.6) is 0 Å². The number of benzene rings is 2. The predicted molar refractivity (Wildman–Crippen MR) is 136 cm³/mol. The van der Waals surface area contributed by atoms with Crippen LogP contribution in [0.2, 0.25) is 0 Å². The summed E-state index contributed by atoms with van der Waals surface area (Å²) >= 11 is 6.85. The van der Waals surface area contributed by atoms with E-state index in [1.54, 1.807) is 4.90 Å². The third kappa shape index (κ3) is 3.97. The van der Waals surface area contributed by atoms with Crippen molar-refractivity contribution >= 4 is 39.9 Å². The third-order valence-corrected chi connectivity index (χ3v) is 7.54. The number of allylic oxidation sites excluding steroid dienone is 3. The van der Waals surface area contributed by atoms with Crippen molar-refractivity contribution in [1.29, 1.82) is 0 Å². The summed E-state index contributed by atoms with van der Waals surface area (Å²) in [6.07, 6.45) is 6.05. The van der Waals surface area contributed by atoms with Gasteiger partial charge in [0.15, 0.2) is 0 Å². The molecule has 2 heterocycles. The van der Waals surface area contributed by atoms with Crippen molar-refractivity contribution in [3.63, 3.8) is 0 Å². The Hall–Kier alpha value is -2.37. The number of amides is 1. The molecule has 1 amide bonds. The average Bonchev–Trinajstić information content (AvgIpc) is 3.14. The van der Waals surface area contributed by atoms with E-state index >= 15 is 0 Å². The summed E-state index contributed by atoms with van der Waals surface area (Å²) in [4.78, 5) is 17.5. The van der Waals surface area contributed by atoms with Crippen molar-refractivity contribution in [3.8, 4) is 11.1 Å². The summed E-state index contributed by atoms with van der Waals surface area (Å²) < 4.78 is 0.665. The van der Waals surface area contributed by atoms with Gasteiger partial charge < -0.3 is 4.90 Å². The summed E-state index contributed by atoms with van der Waals surface area (Å²) in [6, 6.07) is 17.2. The highest BCUT2D eigenvalue weighted by Gasteiger charge is 2.39. The van der Waals surface area contributed by atoms with Crippen molar-refractivity contribution in [2.45, 2.75) is 39.0 Å². The summed E-state index contributed by atoms with van der Waals surface area (Å²) in [7, 11) is 2.10. The van der Waals surface area contributed by atoms with E-state index in [0.717, 1.165) is 12.8 Å². The molecule has 1 fully saturated rings. The minimum absolute atomic E-state index is 0.0302. The Balaban J connectivity index is 1.65. The fraction of sp³-hybridized carbons (Fsp3) is 0.308. The Bertz CT molecular complexity index is 1090. The molecule has 0 saturated carbocycles. The van der Waals surface area contributed by atoms with Gasteiger partial charge in [-0.15, -0.1) is 0 Å². The zero-order valence-corrected chi connectivity index (χ0v) is 20.1. The quantitative estimate of drug-likeness (QED) is 0.384. The van der Waals surface area contributed by atoms with Gasteiger partial charge in [0.25, 0.3) is 5.91 Å². The number of fused-ring (bicyclic) bond motifs is 1. The van der Waals surface area contributed by atoms with Gasteiger partial charge in [0, 0.05) is 30.4 Å². The van der Waals surface area contributed by atoms with Gasteiger partial charge >= 0.3 is 0 Å². The number of rotatable bonds is 5. The Kier molecular flexibility index (Phi) is 6.09. The van der Waals surface area contributed by atoms with Gasteiger partial charge in [-0.2, -0.15) is 0 Å². The molecule has 0 aromatic heterocycles. The molecule has 4 rings (SSSR count). The highest BCUT2D eigenvalue weighted by molar-refractivity contribution is 8.26. The van der Waals surface area contributed by atoms with Crippen LogP contribution in [0.3, 0.4) is 0 Å². The summed E-state index contributed by atoms with van der Waals surface area (Å²) in [5.74, 6) is 0.0302. The van der Waals surface area contributed by atoms with E-state index in [4.69, 9.17) is 12.2 Å². The molecule has 0 aliphatic carbocycles. The first-order valence-electron chi connectivity index (χ1n) is 10.7. The number of hydrogen-bond acceptors (Lipinski definition) is 4. The molecule has 2 aromatic rings. The molecule has 2 aliphatic rings. The maximum absolute atomic E-state index is 12.8. The number of anilines is 1. The summed E-state index contributed by atoms with van der Waals surface area (Å²) in [6.45, 7) is 7.32. The van der Waals surface area contributed by atoms with E-state index < -0.39 is 0 Å². The van der Waals surface area contributed by atoms with Crippen LogP contribution in [-0.4, -0.2) is 28.7 Å². The van der Waals surface area contributed by atoms with Crippen molar-refractivity contribution in [2.24, 2.45) is 0 Å². The van der Waals surface area contributed by atoms with E-state index in [2.05, 4.69) is 81.3 Å². The Morgan fingerprint density at radius 1 is 1.06 bits per heavy atom. The van der Waals surface area contributed by atoms with Gasteiger partial charge in [0.05, 0.1) is 4.91 Å². The number of thioether (sulfide) groups is 1. The summed E-state index contributed by atoms with van der Waals surface area (Å²) in [5.41, 5.74) is 5.95. The van der Waals surface area contributed by atoms with E-state index in [-0.39, 0.29) is 11.3 Å². The first-order chi connectivity index (χ1) is 14.8. The molecule has 5 heteroatoms. The van der Waals surface area contributed by atoms with Crippen LogP contribution in [0.4, 0.5) is 5.69 Å². The lowest BCUT2D eigenvalue weighted by Gasteiger charge is -2.24. The largest absolute Gasteiger partial charge is 0.347 e. The molecule has 160 valence electrons. The predicted octanol–water partition coefficient (Wildman–Crippen LogP) is 6.51. The van der Waals surface area contributed by atoms with E-state index in [1.807, 2.05) is 12.1 Å². The smallest absolute Gasteiger partial charge is 0.266 e. The first kappa shape index (κ1) is 21.8. The van der Waals surface area contributed by atoms with Crippen molar-refractivity contribution < 1.29 is 4.79 Å². The monoisotopic (exact) mass is 448 g/mol. The highest BCUT2D eigenvalue weighted by atomic mass is 32.2. The molecule has 0 atom stereocenters. The standard InChI is InChI=1S/C26H28N2OS2/c1-5-6-16-28-24(29)22(31-25(28)30)14-15-23-26(2,3)20-17-19(12-13-21(20)27(23)4)18-10-8-7-9-11-18/h7-15,17H,5-6,16H2,1-4H3. The third-order valence-electron chi connectivity index (χ3n) is 6.14. The Morgan fingerprint density at radius 2 is 1.81 bits per heavy atom. The van der Waals surface area contributed by atoms with Crippen molar-refractivity contribution in [1.82, 2.24) is 4.90 Å². The van der Waals surface area contributed by atoms with Crippen LogP contribution in [-0.2, 0) is 10.2 Å². The SMILES string of the molecule is CCCCN1C(=O)C(=CC=C2N(C)c3ccc(-c4ccccc4)cc3C2(C)C)SC1=S. The van der Waals surface area contributed by atoms with Crippen LogP contribution >= 0.6 is 24.0 Å². The van der Waals surface area contributed by atoms with Crippen molar-refractivity contribution in [3.05, 3.63) is 76.8 Å². The second kappa shape index (κ2) is 8.64. The molecule has 0 unspecified atom stereocenters. The number of carbonyl (C=O) groups excluding carboxylic acids is 1. The number of likely N-dealkylation sites (N-methyl/N-ethyl adjacent to an activating group) is 1. The molecule has 3 nitrogen and oxygen atoms in total. The average molecular weight is 449 g/mol. The van der Waals surface area contributed by atoms with Gasteiger partial charge in [0.1, 0.15) is 4.32 Å². The number of carbonyl (C=O) groups is 1. The van der Waals surface area contributed by atoms with E-state index in [9.17, 15) is 4.79 Å². The molecule has 0 N–H and O–H groups in total. The minimum Gasteiger partial charge on any atom is -0.347 e. The van der Waals surface area contributed by atoms with E-state index in [1.165, 1.54) is 39.8 Å². The van der Waals surface area contributed by atoms with Crippen LogP contribution in [0.25, 0.3) is 11.1 Å². The number of thiocarbonyl (C=S) groups is 1. The van der Waals surface area contributed by atoms with Gasteiger partial charge in [-0.05, 0) is 47.4 Å². The normalized spacial score (nSPS) is 20.3. The van der Waals surface area contributed by atoms with Gasteiger partial charge in [-0.1, -0.05) is 87.6 Å². The Morgan fingerprint density at radius 3 is 2.52 bits per heavy atom. The maximum atomic E-state index is 12.8. The number of nitrogens with zero attached hydrogens (tertiary/aromatic N) is 2. The van der Waals surface area contributed by atoms with Crippen LogP contribution in [0.1, 0.15) is 39.2 Å². The van der Waals surface area contributed by atoms with Crippen LogP contribution < -0.4 is 4.90 Å². The lowest BCUT2D eigenvalue weighted by molar-refractivity contribution is -0.122. The molecular weight excluding hydrogens is 420 g/mol. The zero-order chi connectivity index (χ0) is 22.2. The first-order valence-corrected chi connectivity index (χ1v) is 12.0. The van der Waals surface area contributed by atoms with Gasteiger partial charge in [-0.3, -0.25) is 9.69 Å². The highest BCUT2D eigenvalue weighted by Crippen LogP contribution is 2.48. The molecule has 0 radical (unpaired) electrons. The van der Waals surface area contributed by atoms with Crippen molar-refractivity contribution in [2.75, 3.05) is 18.5 Å². The molecule has 2 aliphatic heterocycles. The minimum atomic E-state index is -0.166. The van der Waals surface area contributed by atoms with Crippen LogP contribution in [0, 0.1) is 0 Å². The molecule has 0 spiro atoms. The van der Waals surface area contributed by atoms with Gasteiger partial charge in [-0.25, -0.2) is 0 Å². The van der Waals surface area contributed by atoms with E-state index in [0.29, 0.717) is 15.8 Å². The molecule has 1 saturated heterocycles. The lowest BCUT2D eigenvalue weighted by atomic mass is 9.82. The maximum Gasteiger partial charge on any atom is 0.266 e. The number of hydrogen-bond donors (Lipinski definition) is 0. The summed E-state index contributed by atoms with van der Waals surface area (Å²) in [5, 5.41) is 0. The van der Waals surface area contributed by atoms with Gasteiger partial charge in [0.2, 0.25) is 0 Å². The molecule has 2 aromatic carbocycles. The molecule has 0 bridgehead atoms. The lowest BCUT2D eigenvalue weighted by Crippen LogP contribution is -2.28. The van der Waals surface area contributed by atoms with Crippen LogP contribution in [0.15, 0.2) is 71.3 Å². The topological polar surface area (TPSA) is 23.6 Å². The second-order valence-corrected chi connectivity index (χ2v) is 10.2.